The van der Waals surface area contributed by atoms with Crippen molar-refractivity contribution in [2.45, 2.75) is 31.9 Å². The standard InChI is InChI=1S/C14H21FN2/c1-12-4-2-5-13(10-12)17-8-3-6-14(15,11-16)7-9-17/h2,4-5,10H,3,6-9,11,16H2,1H3. The Labute approximate surface area is 103 Å². The molecule has 1 unspecified atom stereocenters. The van der Waals surface area contributed by atoms with Crippen LogP contribution in [0.2, 0.25) is 0 Å². The molecule has 1 atom stereocenters. The molecule has 1 fully saturated rings. The van der Waals surface area contributed by atoms with E-state index in [1.807, 2.05) is 0 Å². The summed E-state index contributed by atoms with van der Waals surface area (Å²) in [6.07, 6.45) is 2.00. The molecule has 0 aromatic heterocycles. The monoisotopic (exact) mass is 236 g/mol. The Morgan fingerprint density at radius 2 is 2.18 bits per heavy atom. The molecule has 2 N–H and O–H groups in total. The second-order valence-electron chi connectivity index (χ2n) is 5.03. The largest absolute Gasteiger partial charge is 0.371 e. The summed E-state index contributed by atoms with van der Waals surface area (Å²) in [7, 11) is 0. The molecule has 0 spiro atoms. The summed E-state index contributed by atoms with van der Waals surface area (Å²) in [6.45, 7) is 3.92. The molecule has 94 valence electrons. The van der Waals surface area contributed by atoms with Gasteiger partial charge in [-0.3, -0.25) is 0 Å². The molecular weight excluding hydrogens is 215 g/mol. The Morgan fingerprint density at radius 3 is 2.88 bits per heavy atom. The summed E-state index contributed by atoms with van der Waals surface area (Å²) >= 11 is 0. The Morgan fingerprint density at radius 1 is 1.35 bits per heavy atom. The van der Waals surface area contributed by atoms with Gasteiger partial charge in [-0.05, 0) is 37.5 Å². The lowest BCUT2D eigenvalue weighted by Crippen LogP contribution is -2.34. The van der Waals surface area contributed by atoms with E-state index >= 15 is 0 Å². The third-order valence-electron chi connectivity index (χ3n) is 3.62. The SMILES string of the molecule is Cc1cccc(N2CCCC(F)(CN)CC2)c1. The predicted octanol–water partition coefficient (Wildman–Crippen LogP) is 2.65. The zero-order valence-electron chi connectivity index (χ0n) is 10.5. The maximum atomic E-state index is 14.2. The van der Waals surface area contributed by atoms with Crippen LogP contribution in [0.15, 0.2) is 24.3 Å². The van der Waals surface area contributed by atoms with Gasteiger partial charge in [0.25, 0.3) is 0 Å². The first-order valence-corrected chi connectivity index (χ1v) is 6.34. The lowest BCUT2D eigenvalue weighted by molar-refractivity contribution is 0.155. The fourth-order valence-corrected chi connectivity index (χ4v) is 2.45. The fourth-order valence-electron chi connectivity index (χ4n) is 2.45. The van der Waals surface area contributed by atoms with Gasteiger partial charge >= 0.3 is 0 Å². The highest BCUT2D eigenvalue weighted by molar-refractivity contribution is 5.48. The minimum absolute atomic E-state index is 0.147. The van der Waals surface area contributed by atoms with Crippen LogP contribution < -0.4 is 10.6 Å². The molecular formula is C14H21FN2. The van der Waals surface area contributed by atoms with Crippen LogP contribution in [0.1, 0.15) is 24.8 Å². The zero-order chi connectivity index (χ0) is 12.3. The molecule has 2 rings (SSSR count). The first kappa shape index (κ1) is 12.4. The van der Waals surface area contributed by atoms with Crippen LogP contribution in [0, 0.1) is 6.92 Å². The van der Waals surface area contributed by atoms with E-state index in [0.717, 1.165) is 19.5 Å². The fraction of sp³-hybridized carbons (Fsp3) is 0.571. The number of rotatable bonds is 2. The number of aryl methyl sites for hydroxylation is 1. The zero-order valence-corrected chi connectivity index (χ0v) is 10.5. The second-order valence-corrected chi connectivity index (χ2v) is 5.03. The molecule has 0 saturated carbocycles. The smallest absolute Gasteiger partial charge is 0.124 e. The van der Waals surface area contributed by atoms with Gasteiger partial charge < -0.3 is 10.6 Å². The van der Waals surface area contributed by atoms with E-state index in [4.69, 9.17) is 5.73 Å². The number of benzene rings is 1. The molecule has 0 aliphatic carbocycles. The van der Waals surface area contributed by atoms with Gasteiger partial charge in [-0.1, -0.05) is 12.1 Å². The van der Waals surface area contributed by atoms with Crippen molar-refractivity contribution >= 4 is 5.69 Å². The molecule has 0 bridgehead atoms. The van der Waals surface area contributed by atoms with E-state index in [-0.39, 0.29) is 6.54 Å². The van der Waals surface area contributed by atoms with E-state index in [1.54, 1.807) is 0 Å². The van der Waals surface area contributed by atoms with Gasteiger partial charge in [0, 0.05) is 31.7 Å². The number of nitrogens with zero attached hydrogens (tertiary/aromatic N) is 1. The lowest BCUT2D eigenvalue weighted by Gasteiger charge is -2.24. The summed E-state index contributed by atoms with van der Waals surface area (Å²) in [5.41, 5.74) is 6.82. The van der Waals surface area contributed by atoms with E-state index < -0.39 is 5.67 Å². The van der Waals surface area contributed by atoms with E-state index in [2.05, 4.69) is 36.1 Å². The molecule has 2 nitrogen and oxygen atoms in total. The van der Waals surface area contributed by atoms with Gasteiger partial charge in [-0.25, -0.2) is 4.39 Å². The first-order valence-electron chi connectivity index (χ1n) is 6.34. The van der Waals surface area contributed by atoms with Crippen LogP contribution in [0.3, 0.4) is 0 Å². The Balaban J connectivity index is 2.09. The summed E-state index contributed by atoms with van der Waals surface area (Å²) < 4.78 is 14.2. The summed E-state index contributed by atoms with van der Waals surface area (Å²) in [4.78, 5) is 2.27. The average molecular weight is 236 g/mol. The molecule has 1 aliphatic rings. The van der Waals surface area contributed by atoms with Crippen molar-refractivity contribution in [3.63, 3.8) is 0 Å². The number of hydrogen-bond donors (Lipinski definition) is 1. The number of alkyl halides is 1. The predicted molar refractivity (Wildman–Crippen MR) is 70.1 cm³/mol. The minimum Gasteiger partial charge on any atom is -0.371 e. The maximum absolute atomic E-state index is 14.2. The topological polar surface area (TPSA) is 29.3 Å². The van der Waals surface area contributed by atoms with E-state index in [9.17, 15) is 4.39 Å². The molecule has 0 radical (unpaired) electrons. The summed E-state index contributed by atoms with van der Waals surface area (Å²) in [6, 6.07) is 8.40. The highest BCUT2D eigenvalue weighted by Gasteiger charge is 2.30. The molecule has 1 aromatic carbocycles. The third kappa shape index (κ3) is 2.97. The van der Waals surface area contributed by atoms with Crippen LogP contribution in [-0.2, 0) is 0 Å². The number of hydrogen-bond acceptors (Lipinski definition) is 2. The summed E-state index contributed by atoms with van der Waals surface area (Å²) in [5.74, 6) is 0. The van der Waals surface area contributed by atoms with Crippen molar-refractivity contribution in [2.24, 2.45) is 5.73 Å². The van der Waals surface area contributed by atoms with Crippen molar-refractivity contribution in [1.82, 2.24) is 0 Å². The van der Waals surface area contributed by atoms with Gasteiger partial charge in [0.1, 0.15) is 5.67 Å². The van der Waals surface area contributed by atoms with Crippen molar-refractivity contribution in [3.05, 3.63) is 29.8 Å². The Hall–Kier alpha value is -1.09. The average Bonchev–Trinajstić information content (AvgIpc) is 2.52. The van der Waals surface area contributed by atoms with Crippen LogP contribution in [-0.4, -0.2) is 25.3 Å². The van der Waals surface area contributed by atoms with E-state index in [0.29, 0.717) is 12.8 Å². The van der Waals surface area contributed by atoms with Gasteiger partial charge in [-0.15, -0.1) is 0 Å². The highest BCUT2D eigenvalue weighted by Crippen LogP contribution is 2.28. The quantitative estimate of drug-likeness (QED) is 0.855. The van der Waals surface area contributed by atoms with Crippen molar-refractivity contribution < 1.29 is 4.39 Å². The molecule has 0 amide bonds. The van der Waals surface area contributed by atoms with Crippen LogP contribution in [0.5, 0.6) is 0 Å². The van der Waals surface area contributed by atoms with Crippen LogP contribution in [0.25, 0.3) is 0 Å². The summed E-state index contributed by atoms with van der Waals surface area (Å²) in [5, 5.41) is 0. The van der Waals surface area contributed by atoms with Gasteiger partial charge in [0.2, 0.25) is 0 Å². The van der Waals surface area contributed by atoms with Gasteiger partial charge in [0.15, 0.2) is 0 Å². The van der Waals surface area contributed by atoms with Crippen molar-refractivity contribution in [3.8, 4) is 0 Å². The minimum atomic E-state index is -1.15. The van der Waals surface area contributed by atoms with E-state index in [1.165, 1.54) is 11.3 Å². The van der Waals surface area contributed by atoms with Crippen molar-refractivity contribution in [2.75, 3.05) is 24.5 Å². The van der Waals surface area contributed by atoms with Crippen molar-refractivity contribution in [1.29, 1.82) is 0 Å². The third-order valence-corrected chi connectivity index (χ3v) is 3.62. The highest BCUT2D eigenvalue weighted by atomic mass is 19.1. The molecule has 3 heteroatoms. The number of halogens is 1. The Kier molecular flexibility index (Phi) is 3.67. The first-order chi connectivity index (χ1) is 8.13. The maximum Gasteiger partial charge on any atom is 0.124 e. The second kappa shape index (κ2) is 5.05. The number of nitrogens with two attached hydrogens (primary N) is 1. The van der Waals surface area contributed by atoms with Crippen LogP contribution >= 0.6 is 0 Å². The molecule has 1 aliphatic heterocycles. The lowest BCUT2D eigenvalue weighted by atomic mass is 9.97. The molecule has 1 aromatic rings. The molecule has 1 saturated heterocycles. The van der Waals surface area contributed by atoms with Gasteiger partial charge in [-0.2, -0.15) is 0 Å². The molecule has 17 heavy (non-hydrogen) atoms. The van der Waals surface area contributed by atoms with Gasteiger partial charge in [0.05, 0.1) is 0 Å². The Bertz CT molecular complexity index is 380. The molecule has 1 heterocycles. The number of anilines is 1. The normalized spacial score (nSPS) is 25.7. The van der Waals surface area contributed by atoms with Crippen LogP contribution in [0.4, 0.5) is 10.1 Å².